The molecular formula is C22H25NO5S. The third kappa shape index (κ3) is 4.62. The van der Waals surface area contributed by atoms with E-state index in [2.05, 4.69) is 13.8 Å². The van der Waals surface area contributed by atoms with Crippen LogP contribution >= 0.6 is 0 Å². The molecule has 7 heteroatoms. The summed E-state index contributed by atoms with van der Waals surface area (Å²) in [6.07, 6.45) is 1.56. The lowest BCUT2D eigenvalue weighted by atomic mass is 10.0. The summed E-state index contributed by atoms with van der Waals surface area (Å²) in [5.74, 6) is 0.842. The maximum atomic E-state index is 13.5. The van der Waals surface area contributed by atoms with Gasteiger partial charge in [-0.2, -0.15) is 0 Å². The van der Waals surface area contributed by atoms with Crippen molar-refractivity contribution in [3.63, 3.8) is 0 Å². The van der Waals surface area contributed by atoms with Crippen LogP contribution in [-0.2, 0) is 9.84 Å². The van der Waals surface area contributed by atoms with Gasteiger partial charge in [0.1, 0.15) is 11.5 Å². The molecule has 0 unspecified atom stereocenters. The molecule has 29 heavy (non-hydrogen) atoms. The highest BCUT2D eigenvalue weighted by molar-refractivity contribution is 7.94. The van der Waals surface area contributed by atoms with Crippen LogP contribution in [0.15, 0.2) is 53.9 Å². The lowest BCUT2D eigenvalue weighted by molar-refractivity contribution is 0.0982. The van der Waals surface area contributed by atoms with Crippen molar-refractivity contribution in [1.29, 1.82) is 0 Å². The molecule has 1 aliphatic heterocycles. The predicted octanol–water partition coefficient (Wildman–Crippen LogP) is 3.78. The highest BCUT2D eigenvalue weighted by Gasteiger charge is 2.32. The van der Waals surface area contributed by atoms with Crippen LogP contribution in [0.3, 0.4) is 0 Å². The van der Waals surface area contributed by atoms with Crippen LogP contribution in [0.4, 0.5) is 5.69 Å². The zero-order valence-electron chi connectivity index (χ0n) is 17.0. The molecule has 1 atom stereocenters. The van der Waals surface area contributed by atoms with Crippen molar-refractivity contribution in [2.24, 2.45) is 0 Å². The van der Waals surface area contributed by atoms with Crippen molar-refractivity contribution < 1.29 is 22.7 Å². The van der Waals surface area contributed by atoms with E-state index in [1.165, 1.54) is 24.5 Å². The van der Waals surface area contributed by atoms with Crippen LogP contribution in [0.5, 0.6) is 11.5 Å². The lowest BCUT2D eigenvalue weighted by Gasteiger charge is -2.28. The van der Waals surface area contributed by atoms with Gasteiger partial charge < -0.3 is 14.4 Å². The molecule has 3 rings (SSSR count). The molecule has 0 aromatic heterocycles. The molecule has 1 aliphatic rings. The summed E-state index contributed by atoms with van der Waals surface area (Å²) >= 11 is 0. The minimum absolute atomic E-state index is 0.147. The Morgan fingerprint density at radius 2 is 1.62 bits per heavy atom. The van der Waals surface area contributed by atoms with Gasteiger partial charge in [0.15, 0.2) is 9.84 Å². The lowest BCUT2D eigenvalue weighted by Crippen LogP contribution is -2.41. The molecule has 0 saturated carbocycles. The van der Waals surface area contributed by atoms with E-state index in [0.29, 0.717) is 28.7 Å². The first-order chi connectivity index (χ1) is 13.7. The second-order valence-corrected chi connectivity index (χ2v) is 9.18. The second kappa shape index (κ2) is 8.29. The topological polar surface area (TPSA) is 72.9 Å². The Kier molecular flexibility index (Phi) is 5.98. The monoisotopic (exact) mass is 415 g/mol. The molecule has 6 nitrogen and oxygen atoms in total. The molecule has 0 fully saturated rings. The number of hydrogen-bond acceptors (Lipinski definition) is 5. The van der Waals surface area contributed by atoms with Crippen LogP contribution in [0.25, 0.3) is 0 Å². The number of anilines is 1. The molecule has 0 radical (unpaired) electrons. The Labute approximate surface area is 171 Å². The molecule has 1 amide bonds. The van der Waals surface area contributed by atoms with E-state index in [0.717, 1.165) is 5.56 Å². The van der Waals surface area contributed by atoms with Crippen molar-refractivity contribution in [2.45, 2.75) is 25.8 Å². The molecule has 0 spiro atoms. The molecule has 0 N–H and O–H groups in total. The Bertz CT molecular complexity index is 1000. The number of nitrogens with zero attached hydrogens (tertiary/aromatic N) is 1. The fraction of sp³-hybridized carbons (Fsp3) is 0.318. The van der Waals surface area contributed by atoms with Crippen LogP contribution in [0.1, 0.15) is 35.7 Å². The van der Waals surface area contributed by atoms with Gasteiger partial charge in [0.25, 0.3) is 5.91 Å². The van der Waals surface area contributed by atoms with Crippen molar-refractivity contribution in [3.05, 3.63) is 65.1 Å². The normalized spacial score (nSPS) is 17.3. The number of sulfone groups is 1. The van der Waals surface area contributed by atoms with Gasteiger partial charge in [-0.15, -0.1) is 0 Å². The van der Waals surface area contributed by atoms with Gasteiger partial charge in [-0.25, -0.2) is 8.42 Å². The van der Waals surface area contributed by atoms with Gasteiger partial charge in [0.2, 0.25) is 0 Å². The van der Waals surface area contributed by atoms with Crippen LogP contribution in [0, 0.1) is 0 Å². The van der Waals surface area contributed by atoms with E-state index in [9.17, 15) is 13.2 Å². The minimum atomic E-state index is -3.34. The summed E-state index contributed by atoms with van der Waals surface area (Å²) in [5, 5.41) is 1.17. The summed E-state index contributed by atoms with van der Waals surface area (Å²) in [6, 6.07) is 11.9. The molecule has 154 valence electrons. The van der Waals surface area contributed by atoms with E-state index in [1.54, 1.807) is 24.3 Å². The van der Waals surface area contributed by atoms with E-state index >= 15 is 0 Å². The number of carbonyl (C=O) groups is 1. The fourth-order valence-electron chi connectivity index (χ4n) is 3.27. The SMILES string of the molecule is COc1cc(OC)cc(C(=O)N(c2ccc(C(C)C)cc2)[C@H]2C=CS(=O)(=O)C2)c1. The summed E-state index contributed by atoms with van der Waals surface area (Å²) < 4.78 is 34.6. The average molecular weight is 416 g/mol. The van der Waals surface area contributed by atoms with E-state index in [1.807, 2.05) is 24.3 Å². The van der Waals surface area contributed by atoms with Gasteiger partial charge in [-0.3, -0.25) is 4.79 Å². The van der Waals surface area contributed by atoms with E-state index in [4.69, 9.17) is 9.47 Å². The largest absolute Gasteiger partial charge is 0.497 e. The molecule has 2 aromatic carbocycles. The Balaban J connectivity index is 2.05. The number of hydrogen-bond donors (Lipinski definition) is 0. The predicted molar refractivity (Wildman–Crippen MR) is 114 cm³/mol. The quantitative estimate of drug-likeness (QED) is 0.718. The fourth-order valence-corrected chi connectivity index (χ4v) is 4.54. The summed E-state index contributed by atoms with van der Waals surface area (Å²) in [5.41, 5.74) is 2.12. The second-order valence-electron chi connectivity index (χ2n) is 7.25. The van der Waals surface area contributed by atoms with Crippen molar-refractivity contribution >= 4 is 21.4 Å². The minimum Gasteiger partial charge on any atom is -0.497 e. The summed E-state index contributed by atoms with van der Waals surface area (Å²) in [6.45, 7) is 4.18. The highest BCUT2D eigenvalue weighted by atomic mass is 32.2. The Morgan fingerprint density at radius 3 is 2.07 bits per heavy atom. The Hall–Kier alpha value is -2.80. The number of amides is 1. The molecular weight excluding hydrogens is 390 g/mol. The smallest absolute Gasteiger partial charge is 0.259 e. The molecule has 0 aliphatic carbocycles. The van der Waals surface area contributed by atoms with Gasteiger partial charge in [-0.1, -0.05) is 26.0 Å². The summed E-state index contributed by atoms with van der Waals surface area (Å²) in [7, 11) is -0.312. The van der Waals surface area contributed by atoms with Gasteiger partial charge in [-0.05, 0) is 41.8 Å². The van der Waals surface area contributed by atoms with Crippen LogP contribution in [0.2, 0.25) is 0 Å². The van der Waals surface area contributed by atoms with Gasteiger partial charge >= 0.3 is 0 Å². The highest BCUT2D eigenvalue weighted by Crippen LogP contribution is 2.29. The molecule has 2 aromatic rings. The number of benzene rings is 2. The van der Waals surface area contributed by atoms with Crippen LogP contribution < -0.4 is 14.4 Å². The average Bonchev–Trinajstić information content (AvgIpc) is 3.07. The molecule has 0 saturated heterocycles. The Morgan fingerprint density at radius 1 is 1.03 bits per heavy atom. The number of carbonyl (C=O) groups excluding carboxylic acids is 1. The maximum absolute atomic E-state index is 13.5. The zero-order chi connectivity index (χ0) is 21.2. The third-order valence-corrected chi connectivity index (χ3v) is 6.28. The number of methoxy groups -OCH3 is 2. The number of ether oxygens (including phenoxy) is 2. The number of rotatable bonds is 6. The van der Waals surface area contributed by atoms with Crippen molar-refractivity contribution in [2.75, 3.05) is 24.9 Å². The first-order valence-corrected chi connectivity index (χ1v) is 11.0. The molecule has 1 heterocycles. The van der Waals surface area contributed by atoms with Gasteiger partial charge in [0, 0.05) is 22.7 Å². The maximum Gasteiger partial charge on any atom is 0.259 e. The first kappa shape index (κ1) is 20.9. The van der Waals surface area contributed by atoms with Crippen molar-refractivity contribution in [3.8, 4) is 11.5 Å². The third-order valence-electron chi connectivity index (χ3n) is 4.90. The summed E-state index contributed by atoms with van der Waals surface area (Å²) in [4.78, 5) is 15.0. The van der Waals surface area contributed by atoms with Crippen molar-refractivity contribution in [1.82, 2.24) is 0 Å². The van der Waals surface area contributed by atoms with Gasteiger partial charge in [0.05, 0.1) is 26.0 Å². The molecule has 0 bridgehead atoms. The zero-order valence-corrected chi connectivity index (χ0v) is 17.8. The van der Waals surface area contributed by atoms with Crippen LogP contribution in [-0.4, -0.2) is 40.3 Å². The van der Waals surface area contributed by atoms with E-state index < -0.39 is 15.9 Å². The standard InChI is InChI=1S/C22H25NO5S/c1-15(2)16-5-7-18(8-6-16)23(19-9-10-29(25,26)14-19)22(24)17-11-20(27-3)13-21(12-17)28-4/h5-13,15,19H,14H2,1-4H3/t19-/m0/s1. The van der Waals surface area contributed by atoms with E-state index in [-0.39, 0.29) is 11.7 Å². The first-order valence-electron chi connectivity index (χ1n) is 9.31.